The molecule has 0 aromatic rings. The summed E-state index contributed by atoms with van der Waals surface area (Å²) in [4.78, 5) is 12.8. The second-order valence-electron chi connectivity index (χ2n) is 9.38. The van der Waals surface area contributed by atoms with E-state index in [4.69, 9.17) is 9.47 Å². The molecule has 0 N–H and O–H groups in total. The Morgan fingerprint density at radius 1 is 0.963 bits per heavy atom. The lowest BCUT2D eigenvalue weighted by Gasteiger charge is -2.36. The van der Waals surface area contributed by atoms with Crippen LogP contribution >= 0.6 is 0 Å². The summed E-state index contributed by atoms with van der Waals surface area (Å²) in [5, 5.41) is 0. The van der Waals surface area contributed by atoms with Crippen LogP contribution in [0.3, 0.4) is 0 Å². The Morgan fingerprint density at radius 3 is 2.59 bits per heavy atom. The van der Waals surface area contributed by atoms with Gasteiger partial charge in [0.25, 0.3) is 0 Å². The van der Waals surface area contributed by atoms with Gasteiger partial charge in [0, 0.05) is 5.92 Å². The molecule has 0 radical (unpaired) electrons. The fourth-order valence-electron chi connectivity index (χ4n) is 6.18. The molecule has 0 bridgehead atoms. The molecule has 7 unspecified atom stereocenters. The van der Waals surface area contributed by atoms with Crippen molar-refractivity contribution in [3.63, 3.8) is 0 Å². The molecule has 150 valence electrons. The standard InChI is InChI=1S/C24H36O3/c1-4-17-9-6-5-8-16(3)26-23-13-21-19-11-7-10-18(19)15(2)12-20(21)22(23)14-24(25)27-17/h12-13,16-22H,4-11,14H2,1-3H3. The lowest BCUT2D eigenvalue weighted by molar-refractivity contribution is -0.151. The Bertz CT molecular complexity index is 619. The Morgan fingerprint density at radius 2 is 1.78 bits per heavy atom. The number of esters is 1. The van der Waals surface area contributed by atoms with Crippen LogP contribution in [-0.4, -0.2) is 18.2 Å². The van der Waals surface area contributed by atoms with E-state index < -0.39 is 0 Å². The van der Waals surface area contributed by atoms with E-state index in [0.717, 1.165) is 49.7 Å². The molecule has 1 saturated carbocycles. The minimum absolute atomic E-state index is 0.0326. The zero-order valence-electron chi connectivity index (χ0n) is 17.3. The quantitative estimate of drug-likeness (QED) is 0.431. The number of carbonyl (C=O) groups excluding carboxylic acids is 1. The third-order valence-corrected chi connectivity index (χ3v) is 7.60. The number of hydrogen-bond donors (Lipinski definition) is 0. The monoisotopic (exact) mass is 372 g/mol. The number of carbonyl (C=O) groups is 1. The average molecular weight is 373 g/mol. The maximum Gasteiger partial charge on any atom is 0.306 e. The summed E-state index contributed by atoms with van der Waals surface area (Å²) in [6, 6.07) is 0. The first-order valence-corrected chi connectivity index (χ1v) is 11.3. The van der Waals surface area contributed by atoms with Gasteiger partial charge >= 0.3 is 5.97 Å². The topological polar surface area (TPSA) is 35.5 Å². The van der Waals surface area contributed by atoms with Crippen molar-refractivity contribution in [3.8, 4) is 0 Å². The van der Waals surface area contributed by atoms with E-state index in [1.807, 2.05) is 0 Å². The van der Waals surface area contributed by atoms with Crippen LogP contribution in [0.2, 0.25) is 0 Å². The molecular formula is C24H36O3. The number of ether oxygens (including phenoxy) is 2. The summed E-state index contributed by atoms with van der Waals surface area (Å²) in [6.07, 6.45) is 14.9. The molecule has 4 aliphatic rings. The van der Waals surface area contributed by atoms with Crippen LogP contribution in [0.5, 0.6) is 0 Å². The van der Waals surface area contributed by atoms with Gasteiger partial charge in [-0.2, -0.15) is 0 Å². The summed E-state index contributed by atoms with van der Waals surface area (Å²) in [6.45, 7) is 6.63. The lowest BCUT2D eigenvalue weighted by atomic mass is 9.68. The zero-order chi connectivity index (χ0) is 19.0. The van der Waals surface area contributed by atoms with Crippen molar-refractivity contribution in [2.45, 2.75) is 90.8 Å². The lowest BCUT2D eigenvalue weighted by Crippen LogP contribution is -2.32. The summed E-state index contributed by atoms with van der Waals surface area (Å²) >= 11 is 0. The Hall–Kier alpha value is -1.25. The molecule has 0 amide bonds. The summed E-state index contributed by atoms with van der Waals surface area (Å²) in [5.74, 6) is 3.68. The fraction of sp³-hybridized carbons (Fsp3) is 0.792. The summed E-state index contributed by atoms with van der Waals surface area (Å²) in [7, 11) is 0. The van der Waals surface area contributed by atoms with E-state index in [-0.39, 0.29) is 24.1 Å². The van der Waals surface area contributed by atoms with E-state index in [9.17, 15) is 4.79 Å². The molecule has 3 nitrogen and oxygen atoms in total. The number of rotatable bonds is 1. The van der Waals surface area contributed by atoms with Gasteiger partial charge in [0.2, 0.25) is 0 Å². The predicted molar refractivity (Wildman–Crippen MR) is 107 cm³/mol. The molecular weight excluding hydrogens is 336 g/mol. The molecule has 0 aromatic heterocycles. The molecule has 1 aliphatic heterocycles. The SMILES string of the molecule is CCC1CCCCC(C)OC2=CC3C(C=C(C)C4CCCC43)C2CC(=O)O1. The van der Waals surface area contributed by atoms with Gasteiger partial charge in [-0.1, -0.05) is 25.0 Å². The Labute approximate surface area is 164 Å². The van der Waals surface area contributed by atoms with Crippen LogP contribution in [0.25, 0.3) is 0 Å². The highest BCUT2D eigenvalue weighted by Crippen LogP contribution is 2.55. The summed E-state index contributed by atoms with van der Waals surface area (Å²) in [5.41, 5.74) is 1.55. The maximum absolute atomic E-state index is 12.8. The predicted octanol–water partition coefficient (Wildman–Crippen LogP) is 5.80. The first-order valence-electron chi connectivity index (χ1n) is 11.3. The Balaban J connectivity index is 1.60. The van der Waals surface area contributed by atoms with Gasteiger partial charge in [-0.15, -0.1) is 0 Å². The van der Waals surface area contributed by atoms with Crippen molar-refractivity contribution < 1.29 is 14.3 Å². The number of hydrogen-bond acceptors (Lipinski definition) is 3. The van der Waals surface area contributed by atoms with E-state index in [2.05, 4.69) is 32.9 Å². The van der Waals surface area contributed by atoms with Gasteiger partial charge in [0.15, 0.2) is 0 Å². The van der Waals surface area contributed by atoms with Crippen LogP contribution in [0.15, 0.2) is 23.5 Å². The van der Waals surface area contributed by atoms with E-state index >= 15 is 0 Å². The molecule has 2 fully saturated rings. The van der Waals surface area contributed by atoms with Crippen LogP contribution in [0, 0.1) is 29.6 Å². The summed E-state index contributed by atoms with van der Waals surface area (Å²) < 4.78 is 12.3. The van der Waals surface area contributed by atoms with Crippen molar-refractivity contribution in [1.82, 2.24) is 0 Å². The van der Waals surface area contributed by atoms with E-state index in [1.54, 1.807) is 5.57 Å². The van der Waals surface area contributed by atoms with Crippen LogP contribution in [0.1, 0.15) is 78.6 Å². The second kappa shape index (κ2) is 8.01. The molecule has 0 spiro atoms. The fourth-order valence-corrected chi connectivity index (χ4v) is 6.18. The molecule has 27 heavy (non-hydrogen) atoms. The van der Waals surface area contributed by atoms with Crippen LogP contribution in [0.4, 0.5) is 0 Å². The maximum atomic E-state index is 12.8. The van der Waals surface area contributed by atoms with Gasteiger partial charge < -0.3 is 9.47 Å². The van der Waals surface area contributed by atoms with Crippen molar-refractivity contribution in [3.05, 3.63) is 23.5 Å². The average Bonchev–Trinajstić information content (AvgIpc) is 3.24. The first kappa shape index (κ1) is 19.1. The van der Waals surface area contributed by atoms with Crippen molar-refractivity contribution in [2.24, 2.45) is 29.6 Å². The van der Waals surface area contributed by atoms with Crippen molar-refractivity contribution in [1.29, 1.82) is 0 Å². The van der Waals surface area contributed by atoms with Gasteiger partial charge in [0.1, 0.15) is 6.10 Å². The van der Waals surface area contributed by atoms with Crippen molar-refractivity contribution in [2.75, 3.05) is 0 Å². The minimum atomic E-state index is -0.0326. The van der Waals surface area contributed by atoms with E-state index in [0.29, 0.717) is 18.3 Å². The van der Waals surface area contributed by atoms with Gasteiger partial charge in [0.05, 0.1) is 18.3 Å². The zero-order valence-corrected chi connectivity index (χ0v) is 17.3. The molecule has 4 rings (SSSR count). The molecule has 1 heterocycles. The van der Waals surface area contributed by atoms with Gasteiger partial charge in [-0.05, 0) is 88.5 Å². The van der Waals surface area contributed by atoms with E-state index in [1.165, 1.54) is 19.3 Å². The smallest absolute Gasteiger partial charge is 0.306 e. The highest BCUT2D eigenvalue weighted by Gasteiger charge is 2.48. The first-order chi connectivity index (χ1) is 13.1. The molecule has 3 heteroatoms. The molecule has 3 aliphatic carbocycles. The molecule has 0 aromatic carbocycles. The number of cyclic esters (lactones) is 1. The third kappa shape index (κ3) is 3.84. The largest absolute Gasteiger partial charge is 0.495 e. The molecule has 1 saturated heterocycles. The second-order valence-corrected chi connectivity index (χ2v) is 9.38. The highest BCUT2D eigenvalue weighted by molar-refractivity contribution is 5.70. The third-order valence-electron chi connectivity index (χ3n) is 7.60. The van der Waals surface area contributed by atoms with Crippen molar-refractivity contribution >= 4 is 5.97 Å². The van der Waals surface area contributed by atoms with Crippen LogP contribution < -0.4 is 0 Å². The highest BCUT2D eigenvalue weighted by atomic mass is 16.5. The molecule has 7 atom stereocenters. The Kier molecular flexibility index (Phi) is 5.66. The minimum Gasteiger partial charge on any atom is -0.495 e. The number of allylic oxidation sites excluding steroid dienone is 4. The van der Waals surface area contributed by atoms with Crippen LogP contribution in [-0.2, 0) is 14.3 Å². The van der Waals surface area contributed by atoms with Gasteiger partial charge in [-0.3, -0.25) is 4.79 Å². The number of fused-ring (bicyclic) bond motifs is 5. The normalized spacial score (nSPS) is 42.3. The van der Waals surface area contributed by atoms with Gasteiger partial charge in [-0.25, -0.2) is 0 Å².